The smallest absolute Gasteiger partial charge is 0.348 e. The Bertz CT molecular complexity index is 636. The lowest BCUT2D eigenvalue weighted by Gasteiger charge is -2.07. The van der Waals surface area contributed by atoms with E-state index in [1.807, 2.05) is 0 Å². The van der Waals surface area contributed by atoms with Crippen LogP contribution < -0.4 is 10.1 Å². The number of amides is 1. The number of hydrogen-bond donors (Lipinski definition) is 1. The van der Waals surface area contributed by atoms with Crippen molar-refractivity contribution in [2.24, 2.45) is 0 Å². The number of hydrogen-bond acceptors (Lipinski definition) is 5. The number of anilines is 1. The number of para-hydroxylation sites is 1. The largest absolute Gasteiger partial charge is 0.496 e. The van der Waals surface area contributed by atoms with Crippen molar-refractivity contribution in [3.63, 3.8) is 0 Å². The maximum atomic E-state index is 12.1. The van der Waals surface area contributed by atoms with E-state index in [-0.39, 0.29) is 5.91 Å². The van der Waals surface area contributed by atoms with Crippen molar-refractivity contribution in [1.29, 1.82) is 0 Å². The maximum Gasteiger partial charge on any atom is 0.348 e. The molecule has 0 atom stereocenters. The van der Waals surface area contributed by atoms with Crippen molar-refractivity contribution in [3.8, 4) is 5.75 Å². The van der Waals surface area contributed by atoms with Gasteiger partial charge in [0.05, 0.1) is 24.8 Å². The van der Waals surface area contributed by atoms with Gasteiger partial charge in [0.2, 0.25) is 0 Å². The van der Waals surface area contributed by atoms with Gasteiger partial charge in [-0.15, -0.1) is 11.3 Å². The summed E-state index contributed by atoms with van der Waals surface area (Å²) in [5.74, 6) is -0.219. The van der Waals surface area contributed by atoms with E-state index in [0.717, 1.165) is 11.3 Å². The number of carbonyl (C=O) groups is 2. The molecule has 0 saturated heterocycles. The van der Waals surface area contributed by atoms with Crippen molar-refractivity contribution in [2.45, 2.75) is 0 Å². The number of rotatable bonds is 4. The van der Waals surface area contributed by atoms with Crippen LogP contribution in [0.25, 0.3) is 0 Å². The van der Waals surface area contributed by atoms with Gasteiger partial charge in [0.25, 0.3) is 5.91 Å². The minimum atomic E-state index is -0.423. The average molecular weight is 291 g/mol. The summed E-state index contributed by atoms with van der Waals surface area (Å²) in [7, 11) is 2.82. The van der Waals surface area contributed by atoms with E-state index in [1.165, 1.54) is 14.2 Å². The van der Waals surface area contributed by atoms with Crippen LogP contribution in [0, 0.1) is 0 Å². The third-order valence-corrected chi connectivity index (χ3v) is 3.56. The molecule has 0 spiro atoms. The lowest BCUT2D eigenvalue weighted by Crippen LogP contribution is -2.12. The van der Waals surface area contributed by atoms with Crippen LogP contribution in [0.5, 0.6) is 5.75 Å². The molecule has 0 aliphatic heterocycles. The van der Waals surface area contributed by atoms with Gasteiger partial charge in [-0.3, -0.25) is 4.79 Å². The molecule has 5 nitrogen and oxygen atoms in total. The van der Waals surface area contributed by atoms with Crippen LogP contribution >= 0.6 is 11.3 Å². The molecule has 20 heavy (non-hydrogen) atoms. The fourth-order valence-electron chi connectivity index (χ4n) is 1.63. The highest BCUT2D eigenvalue weighted by Crippen LogP contribution is 2.25. The lowest BCUT2D eigenvalue weighted by molar-refractivity contribution is 0.0606. The molecule has 2 aromatic rings. The quantitative estimate of drug-likeness (QED) is 0.880. The summed E-state index contributed by atoms with van der Waals surface area (Å²) in [5.41, 5.74) is 0.433. The third-order valence-electron chi connectivity index (χ3n) is 2.58. The monoisotopic (exact) mass is 291 g/mol. The summed E-state index contributed by atoms with van der Waals surface area (Å²) in [6.07, 6.45) is 0. The van der Waals surface area contributed by atoms with Crippen LogP contribution in [-0.2, 0) is 4.74 Å². The van der Waals surface area contributed by atoms with Gasteiger partial charge in [-0.25, -0.2) is 4.79 Å². The Morgan fingerprint density at radius 1 is 1.10 bits per heavy atom. The molecule has 0 aliphatic rings. The predicted octanol–water partition coefficient (Wildman–Crippen LogP) is 2.80. The molecular weight excluding hydrogens is 278 g/mol. The summed E-state index contributed by atoms with van der Waals surface area (Å²) < 4.78 is 9.75. The number of nitrogens with one attached hydrogen (secondary N) is 1. The highest BCUT2D eigenvalue weighted by Gasteiger charge is 2.14. The van der Waals surface area contributed by atoms with Crippen molar-refractivity contribution < 1.29 is 19.1 Å². The summed E-state index contributed by atoms with van der Waals surface area (Å²) in [6.45, 7) is 0. The van der Waals surface area contributed by atoms with E-state index in [1.54, 1.807) is 36.4 Å². The van der Waals surface area contributed by atoms with E-state index in [2.05, 4.69) is 10.1 Å². The first kappa shape index (κ1) is 14.1. The molecule has 1 amide bonds. The highest BCUT2D eigenvalue weighted by molar-refractivity contribution is 7.18. The molecule has 0 bridgehead atoms. The van der Waals surface area contributed by atoms with Crippen LogP contribution in [0.2, 0.25) is 0 Å². The molecule has 1 aromatic heterocycles. The minimum Gasteiger partial charge on any atom is -0.496 e. The molecule has 0 radical (unpaired) electrons. The molecule has 0 unspecified atom stereocenters. The number of carbonyl (C=O) groups excluding carboxylic acids is 2. The van der Waals surface area contributed by atoms with Crippen LogP contribution in [0.3, 0.4) is 0 Å². The van der Waals surface area contributed by atoms with Crippen molar-refractivity contribution in [1.82, 2.24) is 0 Å². The Morgan fingerprint density at radius 3 is 2.55 bits per heavy atom. The minimum absolute atomic E-state index is 0.291. The molecule has 1 aromatic carbocycles. The van der Waals surface area contributed by atoms with Crippen molar-refractivity contribution in [3.05, 3.63) is 46.8 Å². The second-order valence-corrected chi connectivity index (χ2v) is 4.89. The summed E-state index contributed by atoms with van der Waals surface area (Å²) in [6, 6.07) is 10.2. The number of benzene rings is 1. The maximum absolute atomic E-state index is 12.1. The summed E-state index contributed by atoms with van der Waals surface area (Å²) in [4.78, 5) is 23.9. The van der Waals surface area contributed by atoms with E-state index < -0.39 is 5.97 Å². The third kappa shape index (κ3) is 2.97. The van der Waals surface area contributed by atoms with E-state index in [0.29, 0.717) is 21.2 Å². The second-order valence-electron chi connectivity index (χ2n) is 3.81. The van der Waals surface area contributed by atoms with Gasteiger partial charge >= 0.3 is 5.97 Å². The fraction of sp³-hybridized carbons (Fsp3) is 0.143. The van der Waals surface area contributed by atoms with Crippen LogP contribution in [0.15, 0.2) is 36.4 Å². The van der Waals surface area contributed by atoms with Gasteiger partial charge in [-0.1, -0.05) is 12.1 Å². The number of methoxy groups -OCH3 is 2. The zero-order valence-corrected chi connectivity index (χ0v) is 11.8. The second kappa shape index (κ2) is 6.21. The molecule has 0 aliphatic carbocycles. The normalized spacial score (nSPS) is 9.90. The Kier molecular flexibility index (Phi) is 4.37. The van der Waals surface area contributed by atoms with Crippen molar-refractivity contribution in [2.75, 3.05) is 19.5 Å². The Labute approximate surface area is 120 Å². The number of ether oxygens (including phenoxy) is 2. The molecule has 104 valence electrons. The Morgan fingerprint density at radius 2 is 1.85 bits per heavy atom. The SMILES string of the molecule is COC(=O)c1ccc(NC(=O)c2ccccc2OC)s1. The average Bonchev–Trinajstić information content (AvgIpc) is 2.94. The molecule has 0 saturated carbocycles. The molecule has 1 heterocycles. The summed E-state index contributed by atoms with van der Waals surface area (Å²) in [5, 5.41) is 3.29. The molecule has 1 N–H and O–H groups in total. The Balaban J connectivity index is 2.15. The van der Waals surface area contributed by atoms with Crippen molar-refractivity contribution >= 4 is 28.2 Å². The molecule has 0 fully saturated rings. The Hall–Kier alpha value is -2.34. The van der Waals surface area contributed by atoms with Crippen LogP contribution in [0.1, 0.15) is 20.0 Å². The van der Waals surface area contributed by atoms with Gasteiger partial charge < -0.3 is 14.8 Å². The number of esters is 1. The molecule has 2 rings (SSSR count). The van der Waals surface area contributed by atoms with E-state index in [9.17, 15) is 9.59 Å². The zero-order chi connectivity index (χ0) is 14.5. The fourth-order valence-corrected chi connectivity index (χ4v) is 2.45. The number of thiophene rings is 1. The van der Waals surface area contributed by atoms with Gasteiger partial charge in [-0.2, -0.15) is 0 Å². The van der Waals surface area contributed by atoms with E-state index in [4.69, 9.17) is 4.74 Å². The highest BCUT2D eigenvalue weighted by atomic mass is 32.1. The summed E-state index contributed by atoms with van der Waals surface area (Å²) >= 11 is 1.15. The van der Waals surface area contributed by atoms with Gasteiger partial charge in [0, 0.05) is 0 Å². The lowest BCUT2D eigenvalue weighted by atomic mass is 10.2. The van der Waals surface area contributed by atoms with Gasteiger partial charge in [0.1, 0.15) is 10.6 Å². The topological polar surface area (TPSA) is 64.6 Å². The molecular formula is C14H13NO4S. The van der Waals surface area contributed by atoms with Gasteiger partial charge in [-0.05, 0) is 24.3 Å². The first-order chi connectivity index (χ1) is 9.65. The van der Waals surface area contributed by atoms with Gasteiger partial charge in [0.15, 0.2) is 0 Å². The standard InChI is InChI=1S/C14H13NO4S/c1-18-10-6-4-3-5-9(10)13(16)15-12-8-7-11(20-12)14(17)19-2/h3-8H,1-2H3,(H,15,16). The van der Waals surface area contributed by atoms with E-state index >= 15 is 0 Å². The zero-order valence-electron chi connectivity index (χ0n) is 11.0. The molecule has 6 heteroatoms. The van der Waals surface area contributed by atoms with Crippen LogP contribution in [-0.4, -0.2) is 26.1 Å². The predicted molar refractivity (Wildman–Crippen MR) is 76.6 cm³/mol. The first-order valence-electron chi connectivity index (χ1n) is 5.78. The van der Waals surface area contributed by atoms with Crippen LogP contribution in [0.4, 0.5) is 5.00 Å². The first-order valence-corrected chi connectivity index (χ1v) is 6.60.